The van der Waals surface area contributed by atoms with Gasteiger partial charge in [-0.1, -0.05) is 11.6 Å². The molecule has 2 aromatic heterocycles. The predicted molar refractivity (Wildman–Crippen MR) is 117 cm³/mol. The lowest BCUT2D eigenvalue weighted by atomic mass is 10.2. The fourth-order valence-electron chi connectivity index (χ4n) is 3.16. The molecule has 1 amide bonds. The summed E-state index contributed by atoms with van der Waals surface area (Å²) in [6, 6.07) is 8.32. The molecule has 0 fully saturated rings. The molecule has 0 saturated carbocycles. The van der Waals surface area contributed by atoms with Crippen molar-refractivity contribution in [1.29, 1.82) is 0 Å². The van der Waals surface area contributed by atoms with Gasteiger partial charge in [-0.25, -0.2) is 19.9 Å². The summed E-state index contributed by atoms with van der Waals surface area (Å²) in [6.45, 7) is 5.09. The number of hydrogen-bond acceptors (Lipinski definition) is 4. The molecule has 0 aliphatic carbocycles. The summed E-state index contributed by atoms with van der Waals surface area (Å²) in [5, 5.41) is 4.30. The molecule has 4 aromatic rings. The molecule has 0 bridgehead atoms. The van der Waals surface area contributed by atoms with Crippen LogP contribution < -0.4 is 10.7 Å². The highest BCUT2D eigenvalue weighted by Crippen LogP contribution is 2.33. The van der Waals surface area contributed by atoms with Crippen LogP contribution in [0, 0.1) is 0 Å². The van der Waals surface area contributed by atoms with Gasteiger partial charge in [-0.05, 0) is 57.2 Å². The number of hydrogen-bond donors (Lipinski definition) is 3. The summed E-state index contributed by atoms with van der Waals surface area (Å²) < 4.78 is 46.1. The highest BCUT2D eigenvalue weighted by Gasteiger charge is 2.31. The van der Waals surface area contributed by atoms with Crippen LogP contribution in [0.2, 0.25) is 5.02 Å². The van der Waals surface area contributed by atoms with Gasteiger partial charge in [0, 0.05) is 22.1 Å². The Bertz CT molecular complexity index is 1320. The molecule has 3 N–H and O–H groups in total. The molecule has 0 aliphatic rings. The number of halogens is 4. The summed E-state index contributed by atoms with van der Waals surface area (Å²) >= 11 is 6.09. The Labute approximate surface area is 185 Å². The number of H-pyrrole nitrogens is 1. The van der Waals surface area contributed by atoms with Crippen molar-refractivity contribution in [3.8, 4) is 0 Å². The molecule has 2 heterocycles. The number of fused-ring (bicyclic) bond motifs is 2. The molecular weight excluding hydrogens is 447 g/mol. The first-order valence-corrected chi connectivity index (χ1v) is 9.92. The SMILES string of the molecule is CC(C)(C)OC(=O)Nn1c(Nc2c[nH]c3ccc(Cl)cc23)nc2cc(C(F)(F)F)ccc21. The summed E-state index contributed by atoms with van der Waals surface area (Å²) in [5.74, 6) is 0.0889. The molecule has 0 atom stereocenters. The zero-order valence-electron chi connectivity index (χ0n) is 17.3. The van der Waals surface area contributed by atoms with Crippen LogP contribution >= 0.6 is 11.6 Å². The molecule has 0 saturated heterocycles. The number of aromatic amines is 1. The van der Waals surface area contributed by atoms with Crippen LogP contribution in [0.5, 0.6) is 0 Å². The standard InChI is InChI=1S/C21H19ClF3N5O2/c1-20(2,3)32-19(31)29-30-17-7-4-11(21(23,24)25)8-15(17)27-18(30)28-16-10-26-14-6-5-12(22)9-13(14)16/h4-10,26H,1-3H3,(H,27,28)(H,29,31). The molecule has 0 unspecified atom stereocenters. The second-order valence-electron chi connectivity index (χ2n) is 8.10. The zero-order valence-corrected chi connectivity index (χ0v) is 18.0. The fourth-order valence-corrected chi connectivity index (χ4v) is 3.33. The normalized spacial score (nSPS) is 12.3. The highest BCUT2D eigenvalue weighted by molar-refractivity contribution is 6.31. The van der Waals surface area contributed by atoms with Crippen molar-refractivity contribution in [2.45, 2.75) is 32.5 Å². The molecule has 7 nitrogen and oxygen atoms in total. The van der Waals surface area contributed by atoms with E-state index in [9.17, 15) is 18.0 Å². The van der Waals surface area contributed by atoms with Crippen LogP contribution in [0.25, 0.3) is 21.9 Å². The number of carbonyl (C=O) groups excluding carboxylic acids is 1. The second kappa shape index (κ2) is 7.63. The van der Waals surface area contributed by atoms with Gasteiger partial charge in [0.05, 0.1) is 22.3 Å². The van der Waals surface area contributed by atoms with E-state index in [4.69, 9.17) is 16.3 Å². The number of carbonyl (C=O) groups is 1. The smallest absolute Gasteiger partial charge is 0.427 e. The van der Waals surface area contributed by atoms with Gasteiger partial charge in [0.25, 0.3) is 0 Å². The van der Waals surface area contributed by atoms with E-state index in [0.29, 0.717) is 10.7 Å². The van der Waals surface area contributed by atoms with Crippen molar-refractivity contribution in [2.75, 3.05) is 10.7 Å². The average Bonchev–Trinajstić information content (AvgIpc) is 3.21. The van der Waals surface area contributed by atoms with Crippen LogP contribution in [0.3, 0.4) is 0 Å². The van der Waals surface area contributed by atoms with E-state index >= 15 is 0 Å². The number of amides is 1. The number of aromatic nitrogens is 3. The van der Waals surface area contributed by atoms with E-state index in [1.165, 1.54) is 10.7 Å². The first kappa shape index (κ1) is 21.8. The van der Waals surface area contributed by atoms with Crippen LogP contribution in [-0.4, -0.2) is 26.3 Å². The molecule has 0 radical (unpaired) electrons. The number of rotatable bonds is 3. The Morgan fingerprint density at radius 3 is 2.59 bits per heavy atom. The van der Waals surface area contributed by atoms with Crippen molar-refractivity contribution in [3.63, 3.8) is 0 Å². The van der Waals surface area contributed by atoms with Crippen LogP contribution in [0.1, 0.15) is 26.3 Å². The van der Waals surface area contributed by atoms with Gasteiger partial charge >= 0.3 is 12.3 Å². The Morgan fingerprint density at radius 2 is 1.91 bits per heavy atom. The van der Waals surface area contributed by atoms with E-state index in [1.807, 2.05) is 0 Å². The molecule has 0 aliphatic heterocycles. The van der Waals surface area contributed by atoms with E-state index < -0.39 is 23.4 Å². The Kier molecular flexibility index (Phi) is 5.20. The quantitative estimate of drug-likeness (QED) is 0.326. The van der Waals surface area contributed by atoms with E-state index in [-0.39, 0.29) is 17.0 Å². The molecule has 11 heteroatoms. The fraction of sp³-hybridized carbons (Fsp3) is 0.238. The van der Waals surface area contributed by atoms with Gasteiger partial charge in [0.15, 0.2) is 0 Å². The van der Waals surface area contributed by atoms with Crippen molar-refractivity contribution in [3.05, 3.63) is 53.2 Å². The average molecular weight is 466 g/mol. The van der Waals surface area contributed by atoms with Crippen molar-refractivity contribution < 1.29 is 22.7 Å². The first-order valence-electron chi connectivity index (χ1n) is 9.54. The minimum atomic E-state index is -4.53. The van der Waals surface area contributed by atoms with Crippen molar-refractivity contribution >= 4 is 51.3 Å². The number of benzene rings is 2. The maximum absolute atomic E-state index is 13.2. The molecular formula is C21H19ClF3N5O2. The summed E-state index contributed by atoms with van der Waals surface area (Å²) in [5.41, 5.74) is 2.56. The number of anilines is 2. The molecule has 0 spiro atoms. The topological polar surface area (TPSA) is 84.0 Å². The molecule has 32 heavy (non-hydrogen) atoms. The number of ether oxygens (including phenoxy) is 1. The Hall–Kier alpha value is -3.40. The van der Waals surface area contributed by atoms with Gasteiger partial charge < -0.3 is 15.0 Å². The summed E-state index contributed by atoms with van der Waals surface area (Å²) in [6.07, 6.45) is -3.65. The third kappa shape index (κ3) is 4.45. The van der Waals surface area contributed by atoms with Gasteiger partial charge in [-0.15, -0.1) is 0 Å². The second-order valence-corrected chi connectivity index (χ2v) is 8.54. The number of alkyl halides is 3. The maximum atomic E-state index is 13.2. The number of imidazole rings is 1. The first-order chi connectivity index (χ1) is 14.9. The minimum absolute atomic E-state index is 0.0382. The Morgan fingerprint density at radius 1 is 1.16 bits per heavy atom. The van der Waals surface area contributed by atoms with Crippen LogP contribution in [-0.2, 0) is 10.9 Å². The lowest BCUT2D eigenvalue weighted by Gasteiger charge is -2.20. The van der Waals surface area contributed by atoms with Gasteiger partial charge in [0.1, 0.15) is 5.60 Å². The lowest BCUT2D eigenvalue weighted by Crippen LogP contribution is -2.32. The monoisotopic (exact) mass is 465 g/mol. The molecule has 4 rings (SSSR count). The Balaban J connectivity index is 1.79. The molecule has 168 valence electrons. The van der Waals surface area contributed by atoms with Crippen molar-refractivity contribution in [2.24, 2.45) is 0 Å². The largest absolute Gasteiger partial charge is 0.443 e. The minimum Gasteiger partial charge on any atom is -0.443 e. The van der Waals surface area contributed by atoms with Crippen molar-refractivity contribution in [1.82, 2.24) is 14.6 Å². The number of nitrogens with zero attached hydrogens (tertiary/aromatic N) is 2. The van der Waals surface area contributed by atoms with E-state index in [2.05, 4.69) is 20.7 Å². The van der Waals surface area contributed by atoms with Gasteiger partial charge in [-0.2, -0.15) is 13.2 Å². The van der Waals surface area contributed by atoms with Crippen LogP contribution in [0.4, 0.5) is 29.6 Å². The van der Waals surface area contributed by atoms with Gasteiger partial charge in [0.2, 0.25) is 5.95 Å². The third-order valence-corrected chi connectivity index (χ3v) is 4.71. The summed E-state index contributed by atoms with van der Waals surface area (Å²) in [4.78, 5) is 19.7. The van der Waals surface area contributed by atoms with E-state index in [1.54, 1.807) is 45.2 Å². The zero-order chi connectivity index (χ0) is 23.3. The number of nitrogens with one attached hydrogen (secondary N) is 3. The maximum Gasteiger partial charge on any atom is 0.427 e. The predicted octanol–water partition coefficient (Wildman–Crippen LogP) is 6.41. The highest BCUT2D eigenvalue weighted by atomic mass is 35.5. The van der Waals surface area contributed by atoms with E-state index in [0.717, 1.165) is 23.0 Å². The molecule has 2 aromatic carbocycles. The summed E-state index contributed by atoms with van der Waals surface area (Å²) in [7, 11) is 0. The third-order valence-electron chi connectivity index (χ3n) is 4.47. The van der Waals surface area contributed by atoms with Gasteiger partial charge in [-0.3, -0.25) is 0 Å². The van der Waals surface area contributed by atoms with Crippen LogP contribution in [0.15, 0.2) is 42.6 Å². The lowest BCUT2D eigenvalue weighted by molar-refractivity contribution is -0.137.